The minimum absolute atomic E-state index is 0.0260. The van der Waals surface area contributed by atoms with Gasteiger partial charge in [-0.15, -0.1) is 0 Å². The topological polar surface area (TPSA) is 83.8 Å². The number of nitrogens with one attached hydrogen (secondary N) is 2. The molecule has 0 aromatic carbocycles. The van der Waals surface area contributed by atoms with Crippen molar-refractivity contribution in [1.29, 1.82) is 0 Å². The molecule has 0 bridgehead atoms. The standard InChI is InChI=1S/C16H30N6O2/c1-4-24-13-7-9-18-16(19-14-15(23)21(2)3)17-8-5-11-22-12-6-10-20-22/h6,10,12H,4-5,7-9,11,13-14H2,1-3H3,(H2,17,18,19). The number of amides is 1. The van der Waals surface area contributed by atoms with Crippen LogP contribution in [0.15, 0.2) is 23.5 Å². The average molecular weight is 338 g/mol. The smallest absolute Gasteiger partial charge is 0.243 e. The summed E-state index contributed by atoms with van der Waals surface area (Å²) in [5, 5.41) is 10.7. The summed E-state index contributed by atoms with van der Waals surface area (Å²) < 4.78 is 7.21. The third kappa shape index (κ3) is 9.14. The van der Waals surface area contributed by atoms with Crippen LogP contribution in [0, 0.1) is 0 Å². The molecule has 1 amide bonds. The molecule has 0 spiro atoms. The van der Waals surface area contributed by atoms with Crippen molar-refractivity contribution in [1.82, 2.24) is 25.3 Å². The van der Waals surface area contributed by atoms with Crippen LogP contribution < -0.4 is 10.6 Å². The van der Waals surface area contributed by atoms with Crippen LogP contribution in [-0.4, -0.2) is 73.5 Å². The monoisotopic (exact) mass is 338 g/mol. The lowest BCUT2D eigenvalue weighted by atomic mass is 10.4. The highest BCUT2D eigenvalue weighted by Crippen LogP contribution is 1.89. The largest absolute Gasteiger partial charge is 0.382 e. The van der Waals surface area contributed by atoms with E-state index in [-0.39, 0.29) is 12.5 Å². The van der Waals surface area contributed by atoms with E-state index < -0.39 is 0 Å². The summed E-state index contributed by atoms with van der Waals surface area (Å²) in [5.41, 5.74) is 0. The third-order valence-electron chi connectivity index (χ3n) is 3.25. The van der Waals surface area contributed by atoms with Gasteiger partial charge in [0.05, 0.1) is 0 Å². The molecule has 0 radical (unpaired) electrons. The first-order chi connectivity index (χ1) is 11.6. The Hall–Kier alpha value is -2.09. The number of carbonyl (C=O) groups excluding carboxylic acids is 1. The Balaban J connectivity index is 2.34. The predicted molar refractivity (Wildman–Crippen MR) is 95.0 cm³/mol. The summed E-state index contributed by atoms with van der Waals surface area (Å²) in [5.74, 6) is 0.629. The van der Waals surface area contributed by atoms with Crippen molar-refractivity contribution in [2.45, 2.75) is 26.3 Å². The average Bonchev–Trinajstić information content (AvgIpc) is 3.08. The van der Waals surface area contributed by atoms with Crippen LogP contribution in [-0.2, 0) is 16.1 Å². The summed E-state index contributed by atoms with van der Waals surface area (Å²) in [6.45, 7) is 5.90. The summed E-state index contributed by atoms with van der Waals surface area (Å²) in [4.78, 5) is 17.6. The zero-order valence-corrected chi connectivity index (χ0v) is 15.0. The molecule has 8 nitrogen and oxygen atoms in total. The molecule has 0 aliphatic heterocycles. The molecule has 1 aromatic rings. The molecular formula is C16H30N6O2. The first-order valence-corrected chi connectivity index (χ1v) is 8.41. The van der Waals surface area contributed by atoms with Crippen molar-refractivity contribution in [2.24, 2.45) is 4.99 Å². The van der Waals surface area contributed by atoms with Gasteiger partial charge in [0.2, 0.25) is 5.91 Å². The lowest BCUT2D eigenvalue weighted by Crippen LogP contribution is -2.40. The van der Waals surface area contributed by atoms with Crippen molar-refractivity contribution in [3.05, 3.63) is 18.5 Å². The van der Waals surface area contributed by atoms with Gasteiger partial charge in [-0.1, -0.05) is 0 Å². The summed E-state index contributed by atoms with van der Waals surface area (Å²) >= 11 is 0. The molecule has 136 valence electrons. The van der Waals surface area contributed by atoms with Gasteiger partial charge in [0.25, 0.3) is 0 Å². The fraction of sp³-hybridized carbons (Fsp3) is 0.688. The quantitative estimate of drug-likeness (QED) is 0.345. The zero-order valence-electron chi connectivity index (χ0n) is 15.0. The molecule has 0 atom stereocenters. The van der Waals surface area contributed by atoms with Crippen molar-refractivity contribution in [2.75, 3.05) is 46.9 Å². The number of hydrogen-bond acceptors (Lipinski definition) is 4. The van der Waals surface area contributed by atoms with Gasteiger partial charge in [-0.25, -0.2) is 4.99 Å². The molecule has 0 saturated heterocycles. The number of aliphatic imine (C=N–C) groups is 1. The molecule has 0 unspecified atom stereocenters. The van der Waals surface area contributed by atoms with Gasteiger partial charge in [-0.3, -0.25) is 9.48 Å². The van der Waals surface area contributed by atoms with E-state index in [1.54, 1.807) is 20.3 Å². The highest BCUT2D eigenvalue weighted by Gasteiger charge is 2.04. The van der Waals surface area contributed by atoms with Gasteiger partial charge in [-0.05, 0) is 25.8 Å². The van der Waals surface area contributed by atoms with Gasteiger partial charge in [0.1, 0.15) is 6.54 Å². The maximum absolute atomic E-state index is 11.7. The van der Waals surface area contributed by atoms with Crippen molar-refractivity contribution in [3.63, 3.8) is 0 Å². The Morgan fingerprint density at radius 3 is 2.67 bits per heavy atom. The number of hydrogen-bond donors (Lipinski definition) is 2. The molecule has 1 aromatic heterocycles. The molecule has 1 heterocycles. The van der Waals surface area contributed by atoms with E-state index in [1.807, 2.05) is 23.9 Å². The second-order valence-corrected chi connectivity index (χ2v) is 5.48. The molecule has 0 fully saturated rings. The molecular weight excluding hydrogens is 308 g/mol. The van der Waals surface area contributed by atoms with Crippen LogP contribution in [0.3, 0.4) is 0 Å². The summed E-state index contributed by atoms with van der Waals surface area (Å²) in [7, 11) is 3.45. The summed E-state index contributed by atoms with van der Waals surface area (Å²) in [6.07, 6.45) is 5.52. The van der Waals surface area contributed by atoms with E-state index in [4.69, 9.17) is 4.74 Å². The number of rotatable bonds is 11. The van der Waals surface area contributed by atoms with Crippen LogP contribution in [0.1, 0.15) is 19.8 Å². The Morgan fingerprint density at radius 1 is 1.29 bits per heavy atom. The number of nitrogens with zero attached hydrogens (tertiary/aromatic N) is 4. The van der Waals surface area contributed by atoms with Crippen molar-refractivity contribution in [3.8, 4) is 0 Å². The van der Waals surface area contributed by atoms with Gasteiger partial charge in [0.15, 0.2) is 5.96 Å². The Kier molecular flexibility index (Phi) is 10.3. The number of carbonyl (C=O) groups is 1. The summed E-state index contributed by atoms with van der Waals surface area (Å²) in [6, 6.07) is 1.91. The minimum atomic E-state index is -0.0260. The minimum Gasteiger partial charge on any atom is -0.382 e. The van der Waals surface area contributed by atoms with Crippen molar-refractivity contribution < 1.29 is 9.53 Å². The molecule has 2 N–H and O–H groups in total. The number of ether oxygens (including phenoxy) is 1. The van der Waals surface area contributed by atoms with Crippen LogP contribution in [0.25, 0.3) is 0 Å². The van der Waals surface area contributed by atoms with E-state index >= 15 is 0 Å². The fourth-order valence-corrected chi connectivity index (χ4v) is 1.87. The van der Waals surface area contributed by atoms with E-state index in [0.717, 1.165) is 39.1 Å². The van der Waals surface area contributed by atoms with Gasteiger partial charge >= 0.3 is 0 Å². The molecule has 0 aliphatic carbocycles. The second kappa shape index (κ2) is 12.3. The fourth-order valence-electron chi connectivity index (χ4n) is 1.87. The zero-order chi connectivity index (χ0) is 17.6. The van der Waals surface area contributed by atoms with Crippen LogP contribution in [0.5, 0.6) is 0 Å². The highest BCUT2D eigenvalue weighted by molar-refractivity contribution is 5.84. The number of aromatic nitrogens is 2. The molecule has 8 heteroatoms. The molecule has 1 rings (SSSR count). The van der Waals surface area contributed by atoms with E-state index in [2.05, 4.69) is 20.7 Å². The van der Waals surface area contributed by atoms with E-state index in [0.29, 0.717) is 12.6 Å². The molecule has 0 saturated carbocycles. The Bertz CT molecular complexity index is 473. The lowest BCUT2D eigenvalue weighted by Gasteiger charge is -2.14. The first kappa shape index (κ1) is 20.0. The lowest BCUT2D eigenvalue weighted by molar-refractivity contribution is -0.127. The van der Waals surface area contributed by atoms with Crippen LogP contribution >= 0.6 is 0 Å². The molecule has 0 aliphatic rings. The van der Waals surface area contributed by atoms with Gasteiger partial charge < -0.3 is 20.3 Å². The van der Waals surface area contributed by atoms with Crippen LogP contribution in [0.2, 0.25) is 0 Å². The SMILES string of the molecule is CCOCCCNC(=NCC(=O)N(C)C)NCCCn1cccn1. The molecule has 24 heavy (non-hydrogen) atoms. The van der Waals surface area contributed by atoms with Gasteiger partial charge in [-0.2, -0.15) is 5.10 Å². The second-order valence-electron chi connectivity index (χ2n) is 5.48. The first-order valence-electron chi connectivity index (χ1n) is 8.41. The number of likely N-dealkylation sites (N-methyl/N-ethyl adjacent to an activating group) is 1. The van der Waals surface area contributed by atoms with Crippen molar-refractivity contribution >= 4 is 11.9 Å². The van der Waals surface area contributed by atoms with Gasteiger partial charge in [0, 0.05) is 59.3 Å². The Morgan fingerprint density at radius 2 is 2.04 bits per heavy atom. The maximum atomic E-state index is 11.7. The van der Waals surface area contributed by atoms with E-state index in [1.165, 1.54) is 4.90 Å². The normalized spacial score (nSPS) is 11.4. The highest BCUT2D eigenvalue weighted by atomic mass is 16.5. The number of aryl methyl sites for hydroxylation is 1. The Labute approximate surface area is 144 Å². The van der Waals surface area contributed by atoms with E-state index in [9.17, 15) is 4.79 Å². The third-order valence-corrected chi connectivity index (χ3v) is 3.25. The number of guanidine groups is 1. The maximum Gasteiger partial charge on any atom is 0.243 e. The van der Waals surface area contributed by atoms with Crippen LogP contribution in [0.4, 0.5) is 0 Å². The predicted octanol–water partition coefficient (Wildman–Crippen LogP) is 0.323.